The number of carbonyl (C=O) groups excluding carboxylic acids is 1. The van der Waals surface area contributed by atoms with Gasteiger partial charge in [0.25, 0.3) is 5.91 Å². The van der Waals surface area contributed by atoms with E-state index in [0.29, 0.717) is 24.6 Å². The van der Waals surface area contributed by atoms with Crippen LogP contribution in [0.15, 0.2) is 30.5 Å². The average molecular weight is 253 g/mol. The largest absolute Gasteiger partial charge is 0.361 e. The lowest BCUT2D eigenvalue weighted by molar-refractivity contribution is 0.0748. The number of H-pyrrole nitrogens is 1. The Balaban J connectivity index is 1.93. The lowest BCUT2D eigenvalue weighted by Gasteiger charge is -2.21. The fourth-order valence-corrected chi connectivity index (χ4v) is 2.42. The van der Waals surface area contributed by atoms with Gasteiger partial charge in [-0.1, -0.05) is 12.1 Å². The van der Waals surface area contributed by atoms with Crippen LogP contribution in [0.3, 0.4) is 0 Å². The standard InChI is InChI=1S/C15H15N3O/c16-8-2-10-18(12-5-6-12)15(19)13-4-1-3-11-7-9-17-14(11)13/h1,3-4,7,9,12,17H,2,5-6,10H2. The first-order valence-electron chi connectivity index (χ1n) is 6.55. The van der Waals surface area contributed by atoms with Gasteiger partial charge in [0.05, 0.1) is 23.6 Å². The number of nitrogens with one attached hydrogen (secondary N) is 1. The summed E-state index contributed by atoms with van der Waals surface area (Å²) in [5, 5.41) is 9.76. The lowest BCUT2D eigenvalue weighted by Crippen LogP contribution is -2.34. The summed E-state index contributed by atoms with van der Waals surface area (Å²) in [4.78, 5) is 17.6. The quantitative estimate of drug-likeness (QED) is 0.910. The Labute approximate surface area is 111 Å². The third-order valence-electron chi connectivity index (χ3n) is 3.53. The number of nitriles is 1. The highest BCUT2D eigenvalue weighted by molar-refractivity contribution is 6.05. The Kier molecular flexibility index (Phi) is 2.96. The van der Waals surface area contributed by atoms with Crippen LogP contribution >= 0.6 is 0 Å². The Morgan fingerprint density at radius 3 is 3.00 bits per heavy atom. The fourth-order valence-electron chi connectivity index (χ4n) is 2.42. The second kappa shape index (κ2) is 4.77. The number of benzene rings is 1. The second-order valence-corrected chi connectivity index (χ2v) is 4.89. The molecule has 1 aromatic heterocycles. The SMILES string of the molecule is N#CCCN(C(=O)c1cccc2cc[nH]c12)C1CC1. The van der Waals surface area contributed by atoms with E-state index in [0.717, 1.165) is 23.7 Å². The van der Waals surface area contributed by atoms with E-state index in [1.54, 1.807) is 0 Å². The van der Waals surface area contributed by atoms with Crippen LogP contribution in [0.1, 0.15) is 29.6 Å². The minimum atomic E-state index is 0.0331. The molecule has 0 unspecified atom stereocenters. The Morgan fingerprint density at radius 2 is 2.26 bits per heavy atom. The van der Waals surface area contributed by atoms with Gasteiger partial charge in [0.2, 0.25) is 0 Å². The number of hydrogen-bond acceptors (Lipinski definition) is 2. The molecule has 0 aliphatic heterocycles. The summed E-state index contributed by atoms with van der Waals surface area (Å²) in [7, 11) is 0. The van der Waals surface area contributed by atoms with Crippen molar-refractivity contribution < 1.29 is 4.79 Å². The van der Waals surface area contributed by atoms with E-state index in [1.807, 2.05) is 35.4 Å². The lowest BCUT2D eigenvalue weighted by atomic mass is 10.1. The van der Waals surface area contributed by atoms with Gasteiger partial charge >= 0.3 is 0 Å². The van der Waals surface area contributed by atoms with Gasteiger partial charge in [-0.05, 0) is 25.0 Å². The molecule has 19 heavy (non-hydrogen) atoms. The predicted octanol–water partition coefficient (Wildman–Crippen LogP) is 2.69. The zero-order valence-electron chi connectivity index (χ0n) is 10.6. The number of aromatic nitrogens is 1. The summed E-state index contributed by atoms with van der Waals surface area (Å²) in [5.41, 5.74) is 1.59. The van der Waals surface area contributed by atoms with E-state index in [-0.39, 0.29) is 5.91 Å². The maximum Gasteiger partial charge on any atom is 0.256 e. The third kappa shape index (κ3) is 2.19. The molecule has 1 fully saturated rings. The zero-order chi connectivity index (χ0) is 13.2. The molecule has 96 valence electrons. The van der Waals surface area contributed by atoms with Crippen molar-refractivity contribution in [3.8, 4) is 6.07 Å². The van der Waals surface area contributed by atoms with E-state index >= 15 is 0 Å². The number of carbonyl (C=O) groups is 1. The van der Waals surface area contributed by atoms with Crippen LogP contribution in [0.2, 0.25) is 0 Å². The maximum absolute atomic E-state index is 12.6. The molecule has 0 radical (unpaired) electrons. The minimum absolute atomic E-state index is 0.0331. The molecule has 1 aliphatic carbocycles. The molecule has 0 atom stereocenters. The first kappa shape index (κ1) is 11.8. The zero-order valence-corrected chi connectivity index (χ0v) is 10.6. The number of rotatable bonds is 4. The maximum atomic E-state index is 12.6. The number of para-hydroxylation sites is 1. The van der Waals surface area contributed by atoms with Crippen molar-refractivity contribution in [3.63, 3.8) is 0 Å². The van der Waals surface area contributed by atoms with E-state index in [4.69, 9.17) is 5.26 Å². The van der Waals surface area contributed by atoms with Crippen LogP contribution < -0.4 is 0 Å². The monoisotopic (exact) mass is 253 g/mol. The highest BCUT2D eigenvalue weighted by Crippen LogP contribution is 2.29. The Hall–Kier alpha value is -2.28. The minimum Gasteiger partial charge on any atom is -0.361 e. The summed E-state index contributed by atoms with van der Waals surface area (Å²) < 4.78 is 0. The van der Waals surface area contributed by atoms with Gasteiger partial charge in [-0.3, -0.25) is 4.79 Å². The second-order valence-electron chi connectivity index (χ2n) is 4.89. The normalized spacial score (nSPS) is 14.3. The van der Waals surface area contributed by atoms with Crippen LogP contribution in [0.25, 0.3) is 10.9 Å². The molecular weight excluding hydrogens is 238 g/mol. The number of amides is 1. The molecule has 1 aromatic carbocycles. The molecule has 3 rings (SSSR count). The van der Waals surface area contributed by atoms with Crippen LogP contribution in [0.4, 0.5) is 0 Å². The molecule has 1 amide bonds. The Morgan fingerprint density at radius 1 is 1.42 bits per heavy atom. The van der Waals surface area contributed by atoms with Crippen molar-refractivity contribution in [2.24, 2.45) is 0 Å². The Bertz CT molecular complexity index is 649. The molecule has 2 aromatic rings. The summed E-state index contributed by atoms with van der Waals surface area (Å²) in [6, 6.07) is 10.1. The van der Waals surface area contributed by atoms with Gasteiger partial charge < -0.3 is 9.88 Å². The summed E-state index contributed by atoms with van der Waals surface area (Å²) >= 11 is 0. The first-order valence-corrected chi connectivity index (χ1v) is 6.55. The highest BCUT2D eigenvalue weighted by atomic mass is 16.2. The number of fused-ring (bicyclic) bond motifs is 1. The molecular formula is C15H15N3O. The molecule has 1 N–H and O–H groups in total. The van der Waals surface area contributed by atoms with Crippen molar-refractivity contribution in [3.05, 3.63) is 36.0 Å². The number of aromatic amines is 1. The first-order chi connectivity index (χ1) is 9.31. The fraction of sp³-hybridized carbons (Fsp3) is 0.333. The van der Waals surface area contributed by atoms with E-state index in [9.17, 15) is 4.79 Å². The number of hydrogen-bond donors (Lipinski definition) is 1. The predicted molar refractivity (Wildman–Crippen MR) is 72.6 cm³/mol. The van der Waals surface area contributed by atoms with Crippen LogP contribution in [-0.2, 0) is 0 Å². The van der Waals surface area contributed by atoms with Gasteiger partial charge in [0, 0.05) is 24.2 Å². The van der Waals surface area contributed by atoms with Crippen molar-refractivity contribution >= 4 is 16.8 Å². The molecule has 0 bridgehead atoms. The van der Waals surface area contributed by atoms with Crippen molar-refractivity contribution in [1.82, 2.24) is 9.88 Å². The van der Waals surface area contributed by atoms with E-state index in [1.165, 1.54) is 0 Å². The van der Waals surface area contributed by atoms with Gasteiger partial charge in [-0.2, -0.15) is 5.26 Å². The van der Waals surface area contributed by atoms with Gasteiger partial charge in [-0.25, -0.2) is 0 Å². The molecule has 1 heterocycles. The van der Waals surface area contributed by atoms with Gasteiger partial charge in [0.15, 0.2) is 0 Å². The molecule has 1 aliphatic rings. The summed E-state index contributed by atoms with van der Waals surface area (Å²) in [5.74, 6) is 0.0331. The smallest absolute Gasteiger partial charge is 0.256 e. The average Bonchev–Trinajstić information content (AvgIpc) is 3.15. The van der Waals surface area contributed by atoms with Crippen molar-refractivity contribution in [1.29, 1.82) is 5.26 Å². The van der Waals surface area contributed by atoms with E-state index in [2.05, 4.69) is 11.1 Å². The molecule has 1 saturated carbocycles. The van der Waals surface area contributed by atoms with Gasteiger partial charge in [0.1, 0.15) is 0 Å². The van der Waals surface area contributed by atoms with Crippen molar-refractivity contribution in [2.45, 2.75) is 25.3 Å². The molecule has 4 nitrogen and oxygen atoms in total. The molecule has 0 spiro atoms. The third-order valence-corrected chi connectivity index (χ3v) is 3.53. The molecule has 0 saturated heterocycles. The topological polar surface area (TPSA) is 59.9 Å². The highest BCUT2D eigenvalue weighted by Gasteiger charge is 2.33. The van der Waals surface area contributed by atoms with E-state index < -0.39 is 0 Å². The summed E-state index contributed by atoms with van der Waals surface area (Å²) in [6.45, 7) is 0.525. The van der Waals surface area contributed by atoms with Gasteiger partial charge in [-0.15, -0.1) is 0 Å². The van der Waals surface area contributed by atoms with Crippen molar-refractivity contribution in [2.75, 3.05) is 6.54 Å². The van der Waals surface area contributed by atoms with Crippen LogP contribution in [0.5, 0.6) is 0 Å². The molecule has 4 heteroatoms. The van der Waals surface area contributed by atoms with Crippen LogP contribution in [0, 0.1) is 11.3 Å². The number of nitrogens with zero attached hydrogens (tertiary/aromatic N) is 2. The summed E-state index contributed by atoms with van der Waals surface area (Å²) in [6.07, 6.45) is 4.34. The van der Waals surface area contributed by atoms with Crippen LogP contribution in [-0.4, -0.2) is 28.4 Å².